The lowest BCUT2D eigenvalue weighted by atomic mass is 10.1. The maximum absolute atomic E-state index is 13.0. The molecule has 26 heavy (non-hydrogen) atoms. The molecular weight excluding hydrogens is 329 g/mol. The highest BCUT2D eigenvalue weighted by molar-refractivity contribution is 5.34. The molecule has 0 fully saturated rings. The Morgan fingerprint density at radius 2 is 1.50 bits per heavy atom. The van der Waals surface area contributed by atoms with Crippen LogP contribution in [0.1, 0.15) is 16.7 Å². The SMILES string of the molecule is COc1ccc(CNCc2ccccc2OCc2ccc(F)cc2)cc1. The van der Waals surface area contributed by atoms with Gasteiger partial charge < -0.3 is 14.8 Å². The average Bonchev–Trinajstić information content (AvgIpc) is 2.69. The summed E-state index contributed by atoms with van der Waals surface area (Å²) in [6, 6.07) is 22.3. The van der Waals surface area contributed by atoms with Gasteiger partial charge in [0.1, 0.15) is 23.9 Å². The first-order valence-electron chi connectivity index (χ1n) is 8.53. The van der Waals surface area contributed by atoms with Crippen LogP contribution in [0.25, 0.3) is 0 Å². The van der Waals surface area contributed by atoms with E-state index in [9.17, 15) is 4.39 Å². The van der Waals surface area contributed by atoms with Gasteiger partial charge in [-0.1, -0.05) is 42.5 Å². The van der Waals surface area contributed by atoms with Crippen molar-refractivity contribution in [1.82, 2.24) is 5.32 Å². The lowest BCUT2D eigenvalue weighted by Gasteiger charge is -2.12. The van der Waals surface area contributed by atoms with E-state index in [1.165, 1.54) is 17.7 Å². The molecule has 0 amide bonds. The average molecular weight is 351 g/mol. The van der Waals surface area contributed by atoms with Crippen molar-refractivity contribution in [3.63, 3.8) is 0 Å². The fourth-order valence-corrected chi connectivity index (χ4v) is 2.62. The van der Waals surface area contributed by atoms with E-state index in [1.807, 2.05) is 48.5 Å². The van der Waals surface area contributed by atoms with Crippen LogP contribution < -0.4 is 14.8 Å². The normalized spacial score (nSPS) is 10.5. The van der Waals surface area contributed by atoms with Gasteiger partial charge in [-0.05, 0) is 41.5 Å². The minimum Gasteiger partial charge on any atom is -0.497 e. The Morgan fingerprint density at radius 1 is 0.808 bits per heavy atom. The molecule has 0 saturated heterocycles. The Labute approximate surface area is 153 Å². The van der Waals surface area contributed by atoms with E-state index in [2.05, 4.69) is 5.32 Å². The number of ether oxygens (including phenoxy) is 2. The standard InChI is InChI=1S/C22H22FNO2/c1-25-21-12-8-17(9-13-21)14-24-15-19-4-2-3-5-22(19)26-16-18-6-10-20(23)11-7-18/h2-13,24H,14-16H2,1H3. The van der Waals surface area contributed by atoms with Crippen molar-refractivity contribution in [3.05, 3.63) is 95.3 Å². The van der Waals surface area contributed by atoms with Crippen LogP contribution in [0.4, 0.5) is 4.39 Å². The van der Waals surface area contributed by atoms with Crippen molar-refractivity contribution in [2.24, 2.45) is 0 Å². The Bertz CT molecular complexity index is 816. The van der Waals surface area contributed by atoms with Gasteiger partial charge in [0, 0.05) is 18.7 Å². The van der Waals surface area contributed by atoms with Crippen LogP contribution in [0.2, 0.25) is 0 Å². The highest BCUT2D eigenvalue weighted by Crippen LogP contribution is 2.20. The minimum atomic E-state index is -0.239. The summed E-state index contributed by atoms with van der Waals surface area (Å²) in [7, 11) is 1.66. The molecule has 0 aromatic heterocycles. The smallest absolute Gasteiger partial charge is 0.124 e. The Morgan fingerprint density at radius 3 is 2.23 bits per heavy atom. The fraction of sp³-hybridized carbons (Fsp3) is 0.182. The monoisotopic (exact) mass is 351 g/mol. The molecule has 3 nitrogen and oxygen atoms in total. The second-order valence-electron chi connectivity index (χ2n) is 5.97. The third-order valence-electron chi connectivity index (χ3n) is 4.08. The Balaban J connectivity index is 1.55. The number of hydrogen-bond acceptors (Lipinski definition) is 3. The van der Waals surface area contributed by atoms with Gasteiger partial charge in [0.05, 0.1) is 7.11 Å². The highest BCUT2D eigenvalue weighted by Gasteiger charge is 2.04. The zero-order valence-corrected chi connectivity index (χ0v) is 14.7. The molecule has 3 aromatic rings. The third kappa shape index (κ3) is 5.07. The van der Waals surface area contributed by atoms with E-state index in [-0.39, 0.29) is 5.82 Å². The number of para-hydroxylation sites is 1. The summed E-state index contributed by atoms with van der Waals surface area (Å²) in [5.74, 6) is 1.45. The van der Waals surface area contributed by atoms with Crippen molar-refractivity contribution in [1.29, 1.82) is 0 Å². The summed E-state index contributed by atoms with van der Waals surface area (Å²) in [5.41, 5.74) is 3.21. The molecule has 0 saturated carbocycles. The van der Waals surface area contributed by atoms with Crippen molar-refractivity contribution in [2.75, 3.05) is 7.11 Å². The summed E-state index contributed by atoms with van der Waals surface area (Å²) in [6.45, 7) is 1.87. The molecule has 0 aliphatic carbocycles. The van der Waals surface area contributed by atoms with E-state index >= 15 is 0 Å². The van der Waals surface area contributed by atoms with E-state index in [0.29, 0.717) is 13.2 Å². The third-order valence-corrected chi connectivity index (χ3v) is 4.08. The largest absolute Gasteiger partial charge is 0.497 e. The summed E-state index contributed by atoms with van der Waals surface area (Å²) in [5, 5.41) is 3.43. The number of methoxy groups -OCH3 is 1. The molecule has 3 rings (SSSR count). The molecule has 1 N–H and O–H groups in total. The maximum atomic E-state index is 13.0. The van der Waals surface area contributed by atoms with Crippen LogP contribution in [0.3, 0.4) is 0 Å². The van der Waals surface area contributed by atoms with E-state index in [0.717, 1.165) is 29.2 Å². The zero-order valence-electron chi connectivity index (χ0n) is 14.7. The number of benzene rings is 3. The molecule has 134 valence electrons. The molecule has 0 bridgehead atoms. The first-order chi connectivity index (χ1) is 12.7. The number of nitrogens with one attached hydrogen (secondary N) is 1. The molecule has 3 aromatic carbocycles. The zero-order chi connectivity index (χ0) is 18.2. The second-order valence-corrected chi connectivity index (χ2v) is 5.97. The minimum absolute atomic E-state index is 0.239. The number of hydrogen-bond donors (Lipinski definition) is 1. The molecule has 0 aliphatic heterocycles. The van der Waals surface area contributed by atoms with Gasteiger partial charge in [0.2, 0.25) is 0 Å². The van der Waals surface area contributed by atoms with Crippen molar-refractivity contribution in [2.45, 2.75) is 19.7 Å². The van der Waals surface area contributed by atoms with Gasteiger partial charge in [-0.25, -0.2) is 4.39 Å². The van der Waals surface area contributed by atoms with Crippen molar-refractivity contribution in [3.8, 4) is 11.5 Å². The lowest BCUT2D eigenvalue weighted by Crippen LogP contribution is -2.13. The summed E-state index contributed by atoms with van der Waals surface area (Å²) in [6.07, 6.45) is 0. The molecule has 0 spiro atoms. The fourth-order valence-electron chi connectivity index (χ4n) is 2.62. The van der Waals surface area contributed by atoms with Crippen LogP contribution >= 0.6 is 0 Å². The van der Waals surface area contributed by atoms with E-state index in [1.54, 1.807) is 19.2 Å². The van der Waals surface area contributed by atoms with Gasteiger partial charge >= 0.3 is 0 Å². The molecule has 0 unspecified atom stereocenters. The van der Waals surface area contributed by atoms with Crippen LogP contribution in [0, 0.1) is 5.82 Å². The summed E-state index contributed by atoms with van der Waals surface area (Å²) < 4.78 is 24.1. The quantitative estimate of drug-likeness (QED) is 0.638. The van der Waals surface area contributed by atoms with E-state index in [4.69, 9.17) is 9.47 Å². The molecule has 0 radical (unpaired) electrons. The molecule has 0 aliphatic rings. The van der Waals surface area contributed by atoms with Crippen LogP contribution in [0.5, 0.6) is 11.5 Å². The number of rotatable bonds is 8. The van der Waals surface area contributed by atoms with Crippen LogP contribution in [0.15, 0.2) is 72.8 Å². The van der Waals surface area contributed by atoms with Crippen molar-refractivity contribution < 1.29 is 13.9 Å². The highest BCUT2D eigenvalue weighted by atomic mass is 19.1. The topological polar surface area (TPSA) is 30.5 Å². The van der Waals surface area contributed by atoms with Crippen molar-refractivity contribution >= 4 is 0 Å². The summed E-state index contributed by atoms with van der Waals surface area (Å²) >= 11 is 0. The van der Waals surface area contributed by atoms with Crippen LogP contribution in [-0.2, 0) is 19.7 Å². The summed E-state index contributed by atoms with van der Waals surface area (Å²) in [4.78, 5) is 0. The lowest BCUT2D eigenvalue weighted by molar-refractivity contribution is 0.302. The first-order valence-corrected chi connectivity index (χ1v) is 8.53. The Kier molecular flexibility index (Phi) is 6.23. The number of halogens is 1. The van der Waals surface area contributed by atoms with Gasteiger partial charge in [0.15, 0.2) is 0 Å². The molecule has 0 heterocycles. The van der Waals surface area contributed by atoms with E-state index < -0.39 is 0 Å². The van der Waals surface area contributed by atoms with Gasteiger partial charge in [0.25, 0.3) is 0 Å². The maximum Gasteiger partial charge on any atom is 0.124 e. The van der Waals surface area contributed by atoms with Gasteiger partial charge in [-0.2, -0.15) is 0 Å². The van der Waals surface area contributed by atoms with Crippen LogP contribution in [-0.4, -0.2) is 7.11 Å². The second kappa shape index (κ2) is 9.02. The predicted octanol–water partition coefficient (Wildman–Crippen LogP) is 4.70. The molecular formula is C22H22FNO2. The molecule has 0 atom stereocenters. The van der Waals surface area contributed by atoms with Gasteiger partial charge in [-0.3, -0.25) is 0 Å². The predicted molar refractivity (Wildman–Crippen MR) is 101 cm³/mol. The van der Waals surface area contributed by atoms with Gasteiger partial charge in [-0.15, -0.1) is 0 Å². The Hall–Kier alpha value is -2.85. The first kappa shape index (κ1) is 18.0. The molecule has 4 heteroatoms.